The van der Waals surface area contributed by atoms with E-state index in [4.69, 9.17) is 0 Å². The Kier molecular flexibility index (Phi) is 5.04. The van der Waals surface area contributed by atoms with Crippen molar-refractivity contribution in [3.8, 4) is 0 Å². The minimum Gasteiger partial charge on any atom is -0.338 e. The van der Waals surface area contributed by atoms with Crippen molar-refractivity contribution in [3.63, 3.8) is 0 Å². The van der Waals surface area contributed by atoms with Crippen molar-refractivity contribution >= 4 is 23.2 Å². The molecule has 6 nitrogen and oxygen atoms in total. The standard InChI is InChI=1S/C22H19F3N4O2/c1-13-7-9-26-11-18(13)27-20(30)17-8-10-28-14(2)12-29(21(31)19(17)28)16-5-3-15(4-6-16)22(23,24)25/h3-11,14H,12H2,1-2H3,(H,27,30)/t14-/m0/s1. The molecule has 0 fully saturated rings. The minimum absolute atomic E-state index is 0.170. The quantitative estimate of drug-likeness (QED) is 0.659. The highest BCUT2D eigenvalue weighted by Crippen LogP contribution is 2.33. The number of amides is 2. The normalized spacial score (nSPS) is 16.2. The van der Waals surface area contributed by atoms with Crippen LogP contribution in [0.5, 0.6) is 0 Å². The van der Waals surface area contributed by atoms with Crippen molar-refractivity contribution in [2.45, 2.75) is 26.1 Å². The molecule has 0 saturated heterocycles. The van der Waals surface area contributed by atoms with Crippen LogP contribution < -0.4 is 10.2 Å². The molecule has 0 radical (unpaired) electrons. The first-order valence-electron chi connectivity index (χ1n) is 9.58. The maximum Gasteiger partial charge on any atom is 0.416 e. The third kappa shape index (κ3) is 3.78. The van der Waals surface area contributed by atoms with Gasteiger partial charge in [-0.05, 0) is 55.8 Å². The summed E-state index contributed by atoms with van der Waals surface area (Å²) in [5.74, 6) is -0.907. The van der Waals surface area contributed by atoms with Gasteiger partial charge < -0.3 is 14.8 Å². The molecule has 160 valence electrons. The largest absolute Gasteiger partial charge is 0.416 e. The minimum atomic E-state index is -4.46. The number of nitrogens with zero attached hydrogens (tertiary/aromatic N) is 3. The molecule has 2 amide bonds. The molecule has 1 aliphatic rings. The molecule has 0 aliphatic carbocycles. The number of benzene rings is 1. The van der Waals surface area contributed by atoms with Gasteiger partial charge in [0.05, 0.1) is 23.0 Å². The van der Waals surface area contributed by atoms with E-state index in [1.54, 1.807) is 29.1 Å². The SMILES string of the molecule is Cc1ccncc1NC(=O)c1ccn2c1C(=O)N(c1ccc(C(F)(F)F)cc1)C[C@@H]2C. The van der Waals surface area contributed by atoms with E-state index >= 15 is 0 Å². The number of hydrogen-bond acceptors (Lipinski definition) is 3. The number of carbonyl (C=O) groups is 2. The molecule has 1 atom stereocenters. The molecule has 0 unspecified atom stereocenters. The lowest BCUT2D eigenvalue weighted by Crippen LogP contribution is -2.43. The summed E-state index contributed by atoms with van der Waals surface area (Å²) in [6.45, 7) is 3.97. The Balaban J connectivity index is 1.66. The van der Waals surface area contributed by atoms with E-state index in [-0.39, 0.29) is 23.8 Å². The zero-order valence-corrected chi connectivity index (χ0v) is 16.8. The number of anilines is 2. The predicted octanol–water partition coefficient (Wildman–Crippen LogP) is 4.68. The fraction of sp³-hybridized carbons (Fsp3) is 0.227. The highest BCUT2D eigenvalue weighted by Gasteiger charge is 2.35. The Bertz CT molecular complexity index is 1150. The Labute approximate surface area is 176 Å². The average molecular weight is 428 g/mol. The summed E-state index contributed by atoms with van der Waals surface area (Å²) in [5, 5.41) is 2.77. The highest BCUT2D eigenvalue weighted by atomic mass is 19.4. The van der Waals surface area contributed by atoms with Crippen LogP contribution in [0.3, 0.4) is 0 Å². The van der Waals surface area contributed by atoms with E-state index in [1.165, 1.54) is 23.2 Å². The highest BCUT2D eigenvalue weighted by molar-refractivity contribution is 6.16. The molecule has 0 bridgehead atoms. The predicted molar refractivity (Wildman–Crippen MR) is 109 cm³/mol. The fourth-order valence-corrected chi connectivity index (χ4v) is 3.62. The zero-order valence-electron chi connectivity index (χ0n) is 16.8. The van der Waals surface area contributed by atoms with E-state index in [0.717, 1.165) is 17.7 Å². The second-order valence-electron chi connectivity index (χ2n) is 7.44. The van der Waals surface area contributed by atoms with E-state index in [0.29, 0.717) is 11.4 Å². The van der Waals surface area contributed by atoms with Gasteiger partial charge in [-0.25, -0.2) is 0 Å². The summed E-state index contributed by atoms with van der Waals surface area (Å²) < 4.78 is 40.3. The molecule has 9 heteroatoms. The number of carbonyl (C=O) groups excluding carboxylic acids is 2. The maximum atomic E-state index is 13.2. The zero-order chi connectivity index (χ0) is 22.3. The van der Waals surface area contributed by atoms with Gasteiger partial charge in [-0.1, -0.05) is 0 Å². The van der Waals surface area contributed by atoms with Gasteiger partial charge in [0, 0.05) is 30.7 Å². The van der Waals surface area contributed by atoms with Crippen LogP contribution in [0, 0.1) is 6.92 Å². The number of hydrogen-bond donors (Lipinski definition) is 1. The van der Waals surface area contributed by atoms with Gasteiger partial charge in [-0.3, -0.25) is 14.6 Å². The molecule has 3 aromatic rings. The number of aromatic nitrogens is 2. The maximum absolute atomic E-state index is 13.2. The van der Waals surface area contributed by atoms with Crippen LogP contribution in [-0.4, -0.2) is 27.9 Å². The summed E-state index contributed by atoms with van der Waals surface area (Å²) in [6, 6.07) is 7.58. The van der Waals surface area contributed by atoms with Crippen LogP contribution in [0.1, 0.15) is 44.9 Å². The van der Waals surface area contributed by atoms with Crippen LogP contribution in [0.15, 0.2) is 55.0 Å². The lowest BCUT2D eigenvalue weighted by atomic mass is 10.1. The van der Waals surface area contributed by atoms with Crippen molar-refractivity contribution in [1.82, 2.24) is 9.55 Å². The summed E-state index contributed by atoms with van der Waals surface area (Å²) >= 11 is 0. The molecular formula is C22H19F3N4O2. The summed E-state index contributed by atoms with van der Waals surface area (Å²) in [6.07, 6.45) is 0.349. The first kappa shape index (κ1) is 20.6. The van der Waals surface area contributed by atoms with Crippen molar-refractivity contribution in [3.05, 3.63) is 77.4 Å². The second-order valence-corrected chi connectivity index (χ2v) is 7.44. The molecule has 0 spiro atoms. The first-order chi connectivity index (χ1) is 14.7. The van der Waals surface area contributed by atoms with E-state index in [2.05, 4.69) is 10.3 Å². The van der Waals surface area contributed by atoms with Gasteiger partial charge in [0.15, 0.2) is 0 Å². The van der Waals surface area contributed by atoms with Gasteiger partial charge in [0.1, 0.15) is 5.69 Å². The monoisotopic (exact) mass is 428 g/mol. The second kappa shape index (κ2) is 7.57. The van der Waals surface area contributed by atoms with Crippen LogP contribution in [0.4, 0.5) is 24.5 Å². The van der Waals surface area contributed by atoms with Gasteiger partial charge >= 0.3 is 6.18 Å². The third-order valence-electron chi connectivity index (χ3n) is 5.32. The molecule has 1 aromatic carbocycles. The Morgan fingerprint density at radius 2 is 1.87 bits per heavy atom. The molecule has 1 N–H and O–H groups in total. The number of halogens is 3. The summed E-state index contributed by atoms with van der Waals surface area (Å²) in [7, 11) is 0. The van der Waals surface area contributed by atoms with Gasteiger partial charge in [0.2, 0.25) is 0 Å². The Morgan fingerprint density at radius 1 is 1.16 bits per heavy atom. The van der Waals surface area contributed by atoms with Crippen molar-refractivity contribution in [2.75, 3.05) is 16.8 Å². The van der Waals surface area contributed by atoms with Gasteiger partial charge in [-0.2, -0.15) is 13.2 Å². The molecule has 1 aliphatic heterocycles. The fourth-order valence-electron chi connectivity index (χ4n) is 3.62. The van der Waals surface area contributed by atoms with Gasteiger partial charge in [0.25, 0.3) is 11.8 Å². The Hall–Kier alpha value is -3.62. The molecule has 0 saturated carbocycles. The van der Waals surface area contributed by atoms with Crippen LogP contribution in [-0.2, 0) is 6.18 Å². The number of aryl methyl sites for hydroxylation is 1. The lowest BCUT2D eigenvalue weighted by molar-refractivity contribution is -0.137. The first-order valence-corrected chi connectivity index (χ1v) is 9.58. The van der Waals surface area contributed by atoms with Crippen LogP contribution >= 0.6 is 0 Å². The molecule has 4 rings (SSSR count). The Morgan fingerprint density at radius 3 is 2.52 bits per heavy atom. The molecule has 3 heterocycles. The number of fused-ring (bicyclic) bond motifs is 1. The van der Waals surface area contributed by atoms with Crippen molar-refractivity contribution in [2.24, 2.45) is 0 Å². The van der Waals surface area contributed by atoms with E-state index < -0.39 is 23.6 Å². The summed E-state index contributed by atoms with van der Waals surface area (Å²) in [5.41, 5.74) is 1.29. The number of rotatable bonds is 3. The lowest BCUT2D eigenvalue weighted by Gasteiger charge is -2.33. The third-order valence-corrected chi connectivity index (χ3v) is 5.32. The number of alkyl halides is 3. The molecule has 31 heavy (non-hydrogen) atoms. The summed E-state index contributed by atoms with van der Waals surface area (Å²) in [4.78, 5) is 31.5. The van der Waals surface area contributed by atoms with E-state index in [1.807, 2.05) is 13.8 Å². The van der Waals surface area contributed by atoms with Crippen molar-refractivity contribution < 1.29 is 22.8 Å². The average Bonchev–Trinajstić information content (AvgIpc) is 3.18. The number of pyridine rings is 1. The van der Waals surface area contributed by atoms with Gasteiger partial charge in [-0.15, -0.1) is 0 Å². The molecular weight excluding hydrogens is 409 g/mol. The van der Waals surface area contributed by atoms with Crippen molar-refractivity contribution in [1.29, 1.82) is 0 Å². The smallest absolute Gasteiger partial charge is 0.338 e. The van der Waals surface area contributed by atoms with E-state index in [9.17, 15) is 22.8 Å². The number of nitrogens with one attached hydrogen (secondary N) is 1. The molecule has 2 aromatic heterocycles. The van der Waals surface area contributed by atoms with Crippen LogP contribution in [0.25, 0.3) is 0 Å². The van der Waals surface area contributed by atoms with Crippen LogP contribution in [0.2, 0.25) is 0 Å². The topological polar surface area (TPSA) is 67.2 Å².